The van der Waals surface area contributed by atoms with E-state index in [0.717, 1.165) is 6.54 Å². The molecule has 120 valence electrons. The molecule has 0 unspecified atom stereocenters. The van der Waals surface area contributed by atoms with Gasteiger partial charge in [-0.15, -0.1) is 0 Å². The van der Waals surface area contributed by atoms with Crippen LogP contribution in [-0.4, -0.2) is 67.9 Å². The Morgan fingerprint density at radius 2 is 1.95 bits per heavy atom. The Labute approximate surface area is 125 Å². The van der Waals surface area contributed by atoms with Gasteiger partial charge in [0.25, 0.3) is 0 Å². The lowest BCUT2D eigenvalue weighted by Crippen LogP contribution is -2.49. The molecule has 0 radical (unpaired) electrons. The number of hydrogen-bond donors (Lipinski definition) is 3. The first kappa shape index (κ1) is 16.0. The molecular weight excluding hydrogens is 274 g/mol. The van der Waals surface area contributed by atoms with Gasteiger partial charge in [-0.05, 0) is 32.7 Å². The lowest BCUT2D eigenvalue weighted by atomic mass is 9.80. The zero-order chi connectivity index (χ0) is 15.3. The van der Waals surface area contributed by atoms with Crippen molar-refractivity contribution in [2.45, 2.75) is 31.7 Å². The molecular formula is C14H25N3O4. The van der Waals surface area contributed by atoms with E-state index < -0.39 is 11.4 Å². The molecule has 2 amide bonds. The Bertz CT molecular complexity index is 378. The van der Waals surface area contributed by atoms with Crippen LogP contribution in [0.4, 0.5) is 4.79 Å². The van der Waals surface area contributed by atoms with Crippen molar-refractivity contribution in [2.75, 3.05) is 39.9 Å². The predicted octanol–water partition coefficient (Wildman–Crippen LogP) is 0.261. The fourth-order valence-electron chi connectivity index (χ4n) is 2.58. The molecule has 2 rings (SSSR count). The van der Waals surface area contributed by atoms with Crippen LogP contribution in [0.5, 0.6) is 0 Å². The second-order valence-corrected chi connectivity index (χ2v) is 6.02. The Morgan fingerprint density at radius 3 is 2.52 bits per heavy atom. The standard InChI is InChI=1S/C14H25N3O4/c1-17(11-2-3-11)7-6-15-13(20)16-10-14(12(18)19)4-8-21-9-5-14/h11H,2-10H2,1H3,(H,18,19)(H2,15,16,20). The maximum atomic E-state index is 11.8. The molecule has 7 nitrogen and oxygen atoms in total. The summed E-state index contributed by atoms with van der Waals surface area (Å²) in [5.74, 6) is -0.862. The van der Waals surface area contributed by atoms with Crippen molar-refractivity contribution < 1.29 is 19.4 Å². The number of carboxylic acids is 1. The summed E-state index contributed by atoms with van der Waals surface area (Å²) in [6, 6.07) is 0.374. The van der Waals surface area contributed by atoms with E-state index in [0.29, 0.717) is 38.6 Å². The van der Waals surface area contributed by atoms with Gasteiger partial charge in [0, 0.05) is 38.9 Å². The molecule has 0 aromatic rings. The minimum atomic E-state index is -0.888. The highest BCUT2D eigenvalue weighted by Gasteiger charge is 2.40. The number of nitrogens with one attached hydrogen (secondary N) is 2. The molecule has 0 aromatic carbocycles. The Morgan fingerprint density at radius 1 is 1.29 bits per heavy atom. The highest BCUT2D eigenvalue weighted by Crippen LogP contribution is 2.30. The highest BCUT2D eigenvalue weighted by molar-refractivity contribution is 5.78. The van der Waals surface area contributed by atoms with Gasteiger partial charge in [0.2, 0.25) is 0 Å². The molecule has 21 heavy (non-hydrogen) atoms. The zero-order valence-corrected chi connectivity index (χ0v) is 12.6. The third-order valence-corrected chi connectivity index (χ3v) is 4.41. The van der Waals surface area contributed by atoms with E-state index in [1.54, 1.807) is 0 Å². The van der Waals surface area contributed by atoms with Crippen LogP contribution in [0, 0.1) is 5.41 Å². The molecule has 1 aliphatic heterocycles. The minimum absolute atomic E-state index is 0.149. The first-order chi connectivity index (χ1) is 10.0. The normalized spacial score (nSPS) is 21.0. The molecule has 1 aliphatic carbocycles. The molecule has 0 atom stereocenters. The molecule has 7 heteroatoms. The van der Waals surface area contributed by atoms with E-state index in [1.807, 2.05) is 0 Å². The molecule has 3 N–H and O–H groups in total. The van der Waals surface area contributed by atoms with Crippen LogP contribution in [0.3, 0.4) is 0 Å². The van der Waals surface area contributed by atoms with Crippen LogP contribution in [0.15, 0.2) is 0 Å². The number of nitrogens with zero attached hydrogens (tertiary/aromatic N) is 1. The van der Waals surface area contributed by atoms with Gasteiger partial charge < -0.3 is 25.4 Å². The molecule has 1 saturated carbocycles. The van der Waals surface area contributed by atoms with Gasteiger partial charge in [-0.25, -0.2) is 4.79 Å². The molecule has 2 aliphatic rings. The summed E-state index contributed by atoms with van der Waals surface area (Å²) >= 11 is 0. The van der Waals surface area contributed by atoms with Crippen LogP contribution in [0.2, 0.25) is 0 Å². The van der Waals surface area contributed by atoms with E-state index in [4.69, 9.17) is 4.74 Å². The number of amides is 2. The van der Waals surface area contributed by atoms with Crippen molar-refractivity contribution in [1.82, 2.24) is 15.5 Å². The van der Waals surface area contributed by atoms with Crippen LogP contribution in [0.1, 0.15) is 25.7 Å². The number of carbonyl (C=O) groups excluding carboxylic acids is 1. The summed E-state index contributed by atoms with van der Waals surface area (Å²) in [6.45, 7) is 2.40. The fourth-order valence-corrected chi connectivity index (χ4v) is 2.58. The third kappa shape index (κ3) is 4.57. The Balaban J connectivity index is 1.67. The molecule has 1 saturated heterocycles. The molecule has 1 heterocycles. The van der Waals surface area contributed by atoms with Crippen LogP contribution in [-0.2, 0) is 9.53 Å². The van der Waals surface area contributed by atoms with Gasteiger partial charge in [0.1, 0.15) is 0 Å². The number of ether oxygens (including phenoxy) is 1. The smallest absolute Gasteiger partial charge is 0.314 e. The summed E-state index contributed by atoms with van der Waals surface area (Å²) < 4.78 is 5.20. The summed E-state index contributed by atoms with van der Waals surface area (Å²) in [7, 11) is 2.05. The van der Waals surface area contributed by atoms with E-state index in [1.165, 1.54) is 12.8 Å². The quantitative estimate of drug-likeness (QED) is 0.627. The Hall–Kier alpha value is -1.34. The van der Waals surface area contributed by atoms with Crippen molar-refractivity contribution in [3.8, 4) is 0 Å². The fraction of sp³-hybridized carbons (Fsp3) is 0.857. The van der Waals surface area contributed by atoms with Gasteiger partial charge >= 0.3 is 12.0 Å². The summed E-state index contributed by atoms with van der Waals surface area (Å²) in [6.07, 6.45) is 3.36. The number of carbonyl (C=O) groups is 2. The second kappa shape index (κ2) is 7.09. The summed E-state index contributed by atoms with van der Waals surface area (Å²) in [4.78, 5) is 25.4. The van der Waals surface area contributed by atoms with Crippen LogP contribution >= 0.6 is 0 Å². The maximum absolute atomic E-state index is 11.8. The summed E-state index contributed by atoms with van der Waals surface area (Å²) in [5, 5.41) is 14.8. The molecule has 2 fully saturated rings. The average Bonchev–Trinajstić information content (AvgIpc) is 3.30. The largest absolute Gasteiger partial charge is 0.481 e. The third-order valence-electron chi connectivity index (χ3n) is 4.41. The minimum Gasteiger partial charge on any atom is -0.481 e. The predicted molar refractivity (Wildman–Crippen MR) is 77.2 cm³/mol. The number of hydrogen-bond acceptors (Lipinski definition) is 4. The number of carboxylic acid groups (broad SMARTS) is 1. The van der Waals surface area contributed by atoms with E-state index in [9.17, 15) is 14.7 Å². The lowest BCUT2D eigenvalue weighted by molar-refractivity contribution is -0.154. The van der Waals surface area contributed by atoms with Crippen LogP contribution in [0.25, 0.3) is 0 Å². The van der Waals surface area contributed by atoms with Crippen molar-refractivity contribution in [3.05, 3.63) is 0 Å². The zero-order valence-electron chi connectivity index (χ0n) is 12.6. The molecule has 0 bridgehead atoms. The first-order valence-electron chi connectivity index (χ1n) is 7.57. The van der Waals surface area contributed by atoms with E-state index in [-0.39, 0.29) is 12.6 Å². The topological polar surface area (TPSA) is 90.9 Å². The number of urea groups is 1. The van der Waals surface area contributed by atoms with Gasteiger partial charge in [0.15, 0.2) is 0 Å². The number of rotatable bonds is 7. The van der Waals surface area contributed by atoms with Gasteiger partial charge in [-0.2, -0.15) is 0 Å². The monoisotopic (exact) mass is 299 g/mol. The van der Waals surface area contributed by atoms with Crippen molar-refractivity contribution >= 4 is 12.0 Å². The van der Waals surface area contributed by atoms with Crippen molar-refractivity contribution in [2.24, 2.45) is 5.41 Å². The SMILES string of the molecule is CN(CCNC(=O)NCC1(C(=O)O)CCOCC1)C1CC1. The highest BCUT2D eigenvalue weighted by atomic mass is 16.5. The van der Waals surface area contributed by atoms with Gasteiger partial charge in [0.05, 0.1) is 5.41 Å². The molecule has 0 aromatic heterocycles. The number of likely N-dealkylation sites (N-methyl/N-ethyl adjacent to an activating group) is 1. The molecule has 0 spiro atoms. The number of aliphatic carboxylic acids is 1. The lowest BCUT2D eigenvalue weighted by Gasteiger charge is -2.33. The van der Waals surface area contributed by atoms with Crippen molar-refractivity contribution in [3.63, 3.8) is 0 Å². The van der Waals surface area contributed by atoms with Crippen molar-refractivity contribution in [1.29, 1.82) is 0 Å². The maximum Gasteiger partial charge on any atom is 0.314 e. The van der Waals surface area contributed by atoms with Crippen LogP contribution < -0.4 is 10.6 Å². The first-order valence-corrected chi connectivity index (χ1v) is 7.57. The van der Waals surface area contributed by atoms with E-state index in [2.05, 4.69) is 22.6 Å². The summed E-state index contributed by atoms with van der Waals surface area (Å²) in [5.41, 5.74) is -0.888. The van der Waals surface area contributed by atoms with E-state index >= 15 is 0 Å². The second-order valence-electron chi connectivity index (χ2n) is 6.02. The average molecular weight is 299 g/mol. The van der Waals surface area contributed by atoms with Gasteiger partial charge in [-0.1, -0.05) is 0 Å². The Kier molecular flexibility index (Phi) is 5.41. The van der Waals surface area contributed by atoms with Gasteiger partial charge in [-0.3, -0.25) is 4.79 Å².